The molecule has 1 heteroatoms. The topological polar surface area (TPSA) is 26.0 Å². The third-order valence-corrected chi connectivity index (χ3v) is 1.08. The Hall–Kier alpha value is -0.820. The fraction of sp³-hybridized carbons (Fsp3) is 0.125. The van der Waals surface area contributed by atoms with Gasteiger partial charge in [0.15, 0.2) is 0 Å². The van der Waals surface area contributed by atoms with Crippen molar-refractivity contribution in [1.82, 2.24) is 0 Å². The average Bonchev–Trinajstić information content (AvgIpc) is 1.90. The summed E-state index contributed by atoms with van der Waals surface area (Å²) in [5, 5.41) is 0. The SMILES string of the molecule is NCc1ccccc1.[C]. The van der Waals surface area contributed by atoms with Gasteiger partial charge in [0, 0.05) is 14.0 Å². The lowest BCUT2D eigenvalue weighted by atomic mass is 10.2. The molecule has 2 N–H and O–H groups in total. The van der Waals surface area contributed by atoms with Crippen molar-refractivity contribution in [2.75, 3.05) is 0 Å². The molecule has 1 aromatic carbocycles. The zero-order chi connectivity index (χ0) is 5.82. The van der Waals surface area contributed by atoms with Gasteiger partial charge in [0.05, 0.1) is 0 Å². The Morgan fingerprint density at radius 1 is 1.11 bits per heavy atom. The monoisotopic (exact) mass is 119 g/mol. The van der Waals surface area contributed by atoms with Gasteiger partial charge in [0.25, 0.3) is 0 Å². The van der Waals surface area contributed by atoms with Crippen LogP contribution in [0.2, 0.25) is 0 Å². The minimum absolute atomic E-state index is 0. The normalized spacial score (nSPS) is 8.11. The summed E-state index contributed by atoms with van der Waals surface area (Å²) in [5.74, 6) is 0. The van der Waals surface area contributed by atoms with Gasteiger partial charge < -0.3 is 5.73 Å². The Kier molecular flexibility index (Phi) is 3.72. The van der Waals surface area contributed by atoms with E-state index in [9.17, 15) is 0 Å². The highest BCUT2D eigenvalue weighted by atomic mass is 14.5. The first-order chi connectivity index (χ1) is 3.93. The van der Waals surface area contributed by atoms with Crippen LogP contribution >= 0.6 is 0 Å². The van der Waals surface area contributed by atoms with Crippen LogP contribution in [0.3, 0.4) is 0 Å². The Morgan fingerprint density at radius 2 is 1.67 bits per heavy atom. The number of rotatable bonds is 1. The minimum Gasteiger partial charge on any atom is -0.326 e. The highest BCUT2D eigenvalue weighted by Gasteiger charge is 1.80. The summed E-state index contributed by atoms with van der Waals surface area (Å²) in [4.78, 5) is 0. The van der Waals surface area contributed by atoms with E-state index in [1.807, 2.05) is 30.3 Å². The van der Waals surface area contributed by atoms with E-state index in [2.05, 4.69) is 0 Å². The molecule has 0 aromatic heterocycles. The molecule has 4 radical (unpaired) electrons. The van der Waals surface area contributed by atoms with Crippen molar-refractivity contribution in [3.8, 4) is 0 Å². The van der Waals surface area contributed by atoms with E-state index in [-0.39, 0.29) is 7.43 Å². The number of benzene rings is 1. The molecule has 0 heterocycles. The lowest BCUT2D eigenvalue weighted by Crippen LogP contribution is -1.94. The zero-order valence-corrected chi connectivity index (χ0v) is 5.17. The van der Waals surface area contributed by atoms with Gasteiger partial charge in [-0.15, -0.1) is 0 Å². The van der Waals surface area contributed by atoms with Gasteiger partial charge in [0.1, 0.15) is 0 Å². The second-order valence-corrected chi connectivity index (χ2v) is 1.69. The predicted molar refractivity (Wildman–Crippen MR) is 37.6 cm³/mol. The van der Waals surface area contributed by atoms with Gasteiger partial charge in [-0.25, -0.2) is 0 Å². The molecule has 9 heavy (non-hydrogen) atoms. The summed E-state index contributed by atoms with van der Waals surface area (Å²) in [6, 6.07) is 9.99. The van der Waals surface area contributed by atoms with Crippen molar-refractivity contribution >= 4 is 0 Å². The van der Waals surface area contributed by atoms with Crippen LogP contribution < -0.4 is 5.73 Å². The average molecular weight is 119 g/mol. The summed E-state index contributed by atoms with van der Waals surface area (Å²) >= 11 is 0. The van der Waals surface area contributed by atoms with Crippen LogP contribution in [-0.4, -0.2) is 0 Å². The van der Waals surface area contributed by atoms with Crippen molar-refractivity contribution in [1.29, 1.82) is 0 Å². The predicted octanol–water partition coefficient (Wildman–Crippen LogP) is 1.23. The van der Waals surface area contributed by atoms with Crippen molar-refractivity contribution in [2.45, 2.75) is 6.54 Å². The minimum atomic E-state index is 0. The molecule has 0 saturated carbocycles. The molecule has 0 aliphatic rings. The first-order valence-electron chi connectivity index (χ1n) is 2.67. The van der Waals surface area contributed by atoms with Crippen LogP contribution in [-0.2, 0) is 6.54 Å². The fourth-order valence-electron chi connectivity index (χ4n) is 0.614. The van der Waals surface area contributed by atoms with E-state index in [1.165, 1.54) is 5.56 Å². The van der Waals surface area contributed by atoms with E-state index >= 15 is 0 Å². The molecule has 1 nitrogen and oxygen atoms in total. The highest BCUT2D eigenvalue weighted by Crippen LogP contribution is 1.94. The Bertz CT molecular complexity index is 146. The molecule has 0 amide bonds. The molecule has 0 aliphatic carbocycles. The van der Waals surface area contributed by atoms with E-state index in [0.717, 1.165) is 0 Å². The van der Waals surface area contributed by atoms with Crippen LogP contribution in [0, 0.1) is 7.43 Å². The molecule has 46 valence electrons. The van der Waals surface area contributed by atoms with E-state index < -0.39 is 0 Å². The summed E-state index contributed by atoms with van der Waals surface area (Å²) < 4.78 is 0. The van der Waals surface area contributed by atoms with Crippen molar-refractivity contribution < 1.29 is 0 Å². The van der Waals surface area contributed by atoms with E-state index in [1.54, 1.807) is 0 Å². The summed E-state index contributed by atoms with van der Waals surface area (Å²) in [5.41, 5.74) is 6.54. The quantitative estimate of drug-likeness (QED) is 0.591. The second-order valence-electron chi connectivity index (χ2n) is 1.69. The molecule has 0 spiro atoms. The molecular formula is C8H9N. The second kappa shape index (κ2) is 4.10. The first kappa shape index (κ1) is 8.18. The Balaban J connectivity index is 0.000000640. The maximum absolute atomic E-state index is 5.35. The van der Waals surface area contributed by atoms with E-state index in [0.29, 0.717) is 6.54 Å². The largest absolute Gasteiger partial charge is 0.326 e. The summed E-state index contributed by atoms with van der Waals surface area (Å²) in [7, 11) is 0. The van der Waals surface area contributed by atoms with Crippen LogP contribution in [0.5, 0.6) is 0 Å². The molecule has 0 saturated heterocycles. The number of nitrogens with two attached hydrogens (primary N) is 1. The molecule has 0 atom stereocenters. The highest BCUT2D eigenvalue weighted by molar-refractivity contribution is 5.13. The fourth-order valence-corrected chi connectivity index (χ4v) is 0.614. The van der Waals surface area contributed by atoms with E-state index in [4.69, 9.17) is 5.73 Å². The van der Waals surface area contributed by atoms with Crippen LogP contribution in [0.1, 0.15) is 5.56 Å². The van der Waals surface area contributed by atoms with Crippen molar-refractivity contribution in [2.24, 2.45) is 5.73 Å². The van der Waals surface area contributed by atoms with Crippen molar-refractivity contribution in [3.63, 3.8) is 0 Å². The van der Waals surface area contributed by atoms with Crippen LogP contribution in [0.25, 0.3) is 0 Å². The maximum atomic E-state index is 5.35. The lowest BCUT2D eigenvalue weighted by molar-refractivity contribution is 1.07. The van der Waals surface area contributed by atoms with Gasteiger partial charge >= 0.3 is 0 Å². The third-order valence-electron chi connectivity index (χ3n) is 1.08. The van der Waals surface area contributed by atoms with Crippen molar-refractivity contribution in [3.05, 3.63) is 43.3 Å². The first-order valence-corrected chi connectivity index (χ1v) is 2.67. The molecule has 1 aromatic rings. The molecule has 1 rings (SSSR count). The van der Waals surface area contributed by atoms with Gasteiger partial charge in [-0.3, -0.25) is 0 Å². The lowest BCUT2D eigenvalue weighted by Gasteiger charge is -1.90. The summed E-state index contributed by atoms with van der Waals surface area (Å²) in [6.45, 7) is 0.640. The summed E-state index contributed by atoms with van der Waals surface area (Å²) in [6.07, 6.45) is 0. The van der Waals surface area contributed by atoms with Gasteiger partial charge in [-0.1, -0.05) is 30.3 Å². The van der Waals surface area contributed by atoms with Crippen LogP contribution in [0.15, 0.2) is 30.3 Å². The molecule has 0 unspecified atom stereocenters. The number of hydrogen-bond donors (Lipinski definition) is 1. The molecule has 0 aliphatic heterocycles. The third kappa shape index (κ3) is 2.29. The maximum Gasteiger partial charge on any atom is 0.0178 e. The molecular weight excluding hydrogens is 110 g/mol. The van der Waals surface area contributed by atoms with Gasteiger partial charge in [-0.05, 0) is 5.56 Å². The van der Waals surface area contributed by atoms with Gasteiger partial charge in [0.2, 0.25) is 0 Å². The molecule has 0 fully saturated rings. The smallest absolute Gasteiger partial charge is 0.0178 e. The molecule has 0 bridgehead atoms. The van der Waals surface area contributed by atoms with Gasteiger partial charge in [-0.2, -0.15) is 0 Å². The Labute approximate surface area is 56.5 Å². The zero-order valence-electron chi connectivity index (χ0n) is 5.17. The number of hydrogen-bond acceptors (Lipinski definition) is 1. The van der Waals surface area contributed by atoms with Crippen LogP contribution in [0.4, 0.5) is 0 Å². The standard InChI is InChI=1S/C7H9N.C/c8-6-7-4-2-1-3-5-7;/h1-5H,6,8H2;. The Morgan fingerprint density at radius 3 is 2.00 bits per heavy atom.